The highest BCUT2D eigenvalue weighted by molar-refractivity contribution is 5.91. The first-order valence-corrected chi connectivity index (χ1v) is 14.3. The summed E-state index contributed by atoms with van der Waals surface area (Å²) in [5, 5.41) is 9.74. The van der Waals surface area contributed by atoms with Crippen LogP contribution in [0.25, 0.3) is 33.4 Å². The van der Waals surface area contributed by atoms with E-state index >= 15 is 0 Å². The highest BCUT2D eigenvalue weighted by atomic mass is 19.4. The van der Waals surface area contributed by atoms with Crippen LogP contribution < -0.4 is 4.90 Å². The molecule has 0 spiro atoms. The van der Waals surface area contributed by atoms with Gasteiger partial charge in [-0.2, -0.15) is 26.3 Å². The van der Waals surface area contributed by atoms with Crippen LogP contribution in [0.15, 0.2) is 97.6 Å². The van der Waals surface area contributed by atoms with Crippen molar-refractivity contribution in [1.82, 2.24) is 19.1 Å². The quantitative estimate of drug-likeness (QED) is 0.198. The Morgan fingerprint density at radius 1 is 0.630 bits per heavy atom. The summed E-state index contributed by atoms with van der Waals surface area (Å²) in [6.07, 6.45) is -5.48. The number of para-hydroxylation sites is 2. The number of benzene rings is 4. The molecule has 6 aromatic rings. The number of alkyl halides is 6. The van der Waals surface area contributed by atoms with Gasteiger partial charge < -0.3 is 10.0 Å². The van der Waals surface area contributed by atoms with Gasteiger partial charge in [-0.15, -0.1) is 0 Å². The summed E-state index contributed by atoms with van der Waals surface area (Å²) in [6.45, 7) is 1.02. The van der Waals surface area contributed by atoms with Crippen molar-refractivity contribution in [2.75, 3.05) is 18.0 Å². The molecule has 13 heteroatoms. The van der Waals surface area contributed by atoms with Gasteiger partial charge in [0.2, 0.25) is 0 Å². The van der Waals surface area contributed by atoms with Gasteiger partial charge in [0.25, 0.3) is 0 Å². The molecule has 0 atom stereocenters. The second-order valence-electron chi connectivity index (χ2n) is 10.8. The number of hydrogen-bond donors (Lipinski definition) is 1. The molecule has 1 N–H and O–H groups in total. The number of aliphatic hydroxyl groups excluding tert-OH is 1. The molecule has 1 saturated heterocycles. The SMILES string of the molecule is Fc1cc(C(F)(F)F)cc2ncn(-c3ccccc3)c12.OC1CCN(c2cc(C(F)(F)F)cc3ncn(-c4ccccc4)c23)CC1. The van der Waals surface area contributed by atoms with E-state index in [9.17, 15) is 35.8 Å². The van der Waals surface area contributed by atoms with Crippen molar-refractivity contribution in [2.24, 2.45) is 0 Å². The molecule has 3 heterocycles. The molecular weight excluding hydrogens is 615 g/mol. The van der Waals surface area contributed by atoms with E-state index in [2.05, 4.69) is 9.97 Å². The van der Waals surface area contributed by atoms with E-state index in [0.717, 1.165) is 17.8 Å². The third-order valence-electron chi connectivity index (χ3n) is 7.75. The molecule has 0 amide bonds. The van der Waals surface area contributed by atoms with E-state index in [-0.39, 0.29) is 11.0 Å². The molecule has 0 aliphatic carbocycles. The number of piperidine rings is 1. The molecule has 0 bridgehead atoms. The zero-order chi connectivity index (χ0) is 32.6. The normalized spacial score (nSPS) is 14.5. The highest BCUT2D eigenvalue weighted by Crippen LogP contribution is 2.38. The lowest BCUT2D eigenvalue weighted by molar-refractivity contribution is -0.138. The molecule has 1 aliphatic rings. The van der Waals surface area contributed by atoms with Crippen molar-refractivity contribution in [3.05, 3.63) is 115 Å². The lowest BCUT2D eigenvalue weighted by Gasteiger charge is -2.32. The molecule has 1 aliphatic heterocycles. The Morgan fingerprint density at radius 3 is 1.59 bits per heavy atom. The maximum absolute atomic E-state index is 14.0. The Kier molecular flexibility index (Phi) is 8.19. The predicted molar refractivity (Wildman–Crippen MR) is 160 cm³/mol. The van der Waals surface area contributed by atoms with Crippen LogP contribution in [-0.4, -0.2) is 43.4 Å². The molecule has 1 fully saturated rings. The van der Waals surface area contributed by atoms with E-state index in [1.54, 1.807) is 36.7 Å². The zero-order valence-corrected chi connectivity index (χ0v) is 24.0. The van der Waals surface area contributed by atoms with E-state index in [0.29, 0.717) is 54.4 Å². The maximum atomic E-state index is 14.0. The summed E-state index contributed by atoms with van der Waals surface area (Å²) in [4.78, 5) is 9.99. The van der Waals surface area contributed by atoms with Crippen molar-refractivity contribution >= 4 is 27.8 Å². The maximum Gasteiger partial charge on any atom is 0.416 e. The van der Waals surface area contributed by atoms with Crippen LogP contribution in [-0.2, 0) is 12.4 Å². The molecule has 2 aromatic heterocycles. The molecule has 6 nitrogen and oxygen atoms in total. The predicted octanol–water partition coefficient (Wildman–Crippen LogP) is 8.19. The second-order valence-corrected chi connectivity index (χ2v) is 10.8. The van der Waals surface area contributed by atoms with Crippen molar-refractivity contribution < 1.29 is 35.8 Å². The number of rotatable bonds is 3. The van der Waals surface area contributed by atoms with Crippen molar-refractivity contribution in [3.63, 3.8) is 0 Å². The van der Waals surface area contributed by atoms with Crippen LogP contribution in [0.2, 0.25) is 0 Å². The fraction of sp³-hybridized carbons (Fsp3) is 0.212. The fourth-order valence-electron chi connectivity index (χ4n) is 5.47. The van der Waals surface area contributed by atoms with Crippen LogP contribution in [0.5, 0.6) is 0 Å². The van der Waals surface area contributed by atoms with Crippen LogP contribution in [0, 0.1) is 5.82 Å². The minimum absolute atomic E-state index is 0.0267. The van der Waals surface area contributed by atoms with Gasteiger partial charge in [0, 0.05) is 24.5 Å². The highest BCUT2D eigenvalue weighted by Gasteiger charge is 2.34. The van der Waals surface area contributed by atoms with Gasteiger partial charge >= 0.3 is 12.4 Å². The van der Waals surface area contributed by atoms with E-state index in [1.165, 1.54) is 17.0 Å². The van der Waals surface area contributed by atoms with Gasteiger partial charge in [0.15, 0.2) is 0 Å². The van der Waals surface area contributed by atoms with Crippen molar-refractivity contribution in [3.8, 4) is 11.4 Å². The summed E-state index contributed by atoms with van der Waals surface area (Å²) in [5.74, 6) is -0.948. The minimum atomic E-state index is -4.59. The summed E-state index contributed by atoms with van der Waals surface area (Å²) in [5.41, 5.74) is 1.20. The lowest BCUT2D eigenvalue weighted by Crippen LogP contribution is -2.36. The Morgan fingerprint density at radius 2 is 1.09 bits per heavy atom. The standard InChI is InChI=1S/C19H18F3N3O.C14H8F4N2/c20-19(21,22)13-10-16-18(17(11-13)24-8-6-15(26)7-9-24)25(12-23-16)14-4-2-1-3-5-14;15-11-6-9(14(16,17)18)7-12-13(11)20(8-19-12)10-4-2-1-3-5-10/h1-5,10-12,15,26H,6-9H2;1-8H. The van der Waals surface area contributed by atoms with Gasteiger partial charge in [-0.25, -0.2) is 14.4 Å². The monoisotopic (exact) mass is 641 g/mol. The lowest BCUT2D eigenvalue weighted by atomic mass is 10.1. The number of halogens is 7. The third kappa shape index (κ3) is 6.27. The van der Waals surface area contributed by atoms with Gasteiger partial charge in [-0.1, -0.05) is 36.4 Å². The van der Waals surface area contributed by atoms with E-state index < -0.39 is 35.4 Å². The molecule has 0 unspecified atom stereocenters. The number of fused-ring (bicyclic) bond motifs is 2. The Bertz CT molecular complexity index is 1960. The van der Waals surface area contributed by atoms with Gasteiger partial charge in [-0.3, -0.25) is 9.13 Å². The first-order valence-electron chi connectivity index (χ1n) is 14.3. The molecule has 46 heavy (non-hydrogen) atoms. The molecule has 0 radical (unpaired) electrons. The van der Waals surface area contributed by atoms with Crippen LogP contribution in [0.1, 0.15) is 24.0 Å². The molecule has 238 valence electrons. The summed E-state index contributed by atoms with van der Waals surface area (Å²) < 4.78 is 95.2. The average Bonchev–Trinajstić information content (AvgIpc) is 3.67. The molecule has 4 aromatic carbocycles. The number of aliphatic hydroxyl groups is 1. The van der Waals surface area contributed by atoms with Gasteiger partial charge in [0.05, 0.1) is 39.5 Å². The smallest absolute Gasteiger partial charge is 0.393 e. The minimum Gasteiger partial charge on any atom is -0.393 e. The number of imidazole rings is 2. The first kappa shape index (κ1) is 31.1. The second kappa shape index (κ2) is 12.1. The first-order chi connectivity index (χ1) is 21.9. The van der Waals surface area contributed by atoms with Crippen molar-refractivity contribution in [2.45, 2.75) is 31.3 Å². The van der Waals surface area contributed by atoms with E-state index in [1.807, 2.05) is 39.8 Å². The average molecular weight is 642 g/mol. The third-order valence-corrected chi connectivity index (χ3v) is 7.75. The Labute approximate surface area is 258 Å². The molecular formula is C33H26F7N5O. The molecule has 7 rings (SSSR count). The van der Waals surface area contributed by atoms with Gasteiger partial charge in [0.1, 0.15) is 24.0 Å². The van der Waals surface area contributed by atoms with Crippen molar-refractivity contribution in [1.29, 1.82) is 0 Å². The summed E-state index contributed by atoms with van der Waals surface area (Å²) >= 11 is 0. The fourth-order valence-corrected chi connectivity index (χ4v) is 5.47. The van der Waals surface area contributed by atoms with E-state index in [4.69, 9.17) is 0 Å². The largest absolute Gasteiger partial charge is 0.416 e. The number of hydrogen-bond acceptors (Lipinski definition) is 4. The zero-order valence-electron chi connectivity index (χ0n) is 24.0. The topological polar surface area (TPSA) is 59.1 Å². The molecule has 0 saturated carbocycles. The van der Waals surface area contributed by atoms with Crippen LogP contribution >= 0.6 is 0 Å². The Hall–Kier alpha value is -4.91. The van der Waals surface area contributed by atoms with Gasteiger partial charge in [-0.05, 0) is 61.4 Å². The number of nitrogens with zero attached hydrogens (tertiary/aromatic N) is 5. The number of aromatic nitrogens is 4. The Balaban J connectivity index is 0.000000167. The number of anilines is 1. The summed E-state index contributed by atoms with van der Waals surface area (Å²) in [7, 11) is 0. The summed E-state index contributed by atoms with van der Waals surface area (Å²) in [6, 6.07) is 21.8. The van der Waals surface area contributed by atoms with Crippen LogP contribution in [0.3, 0.4) is 0 Å². The van der Waals surface area contributed by atoms with Crippen LogP contribution in [0.4, 0.5) is 36.4 Å².